The Morgan fingerprint density at radius 1 is 1.04 bits per heavy atom. The monoisotopic (exact) mass is 353 g/mol. The first-order valence-corrected chi connectivity index (χ1v) is 9.10. The van der Waals surface area contributed by atoms with Crippen LogP contribution in [0.15, 0.2) is 42.5 Å². The first-order chi connectivity index (χ1) is 12.7. The maximum atomic E-state index is 12.8. The Hall–Kier alpha value is -2.53. The molecule has 5 nitrogen and oxygen atoms in total. The van der Waals surface area contributed by atoms with Crippen molar-refractivity contribution >= 4 is 5.91 Å². The van der Waals surface area contributed by atoms with E-state index in [1.54, 1.807) is 6.07 Å². The molecule has 0 radical (unpaired) electrons. The SMILES string of the molecule is O=C(c1ccc2c(c1)OCCO2)N1CC[C@H](Cc2ccc(CO)cc2)C1. The van der Waals surface area contributed by atoms with Crippen molar-refractivity contribution in [3.63, 3.8) is 0 Å². The first kappa shape index (κ1) is 16.9. The number of hydrogen-bond donors (Lipinski definition) is 1. The number of hydrogen-bond acceptors (Lipinski definition) is 4. The van der Waals surface area contributed by atoms with E-state index >= 15 is 0 Å². The van der Waals surface area contributed by atoms with Crippen LogP contribution in [0.2, 0.25) is 0 Å². The van der Waals surface area contributed by atoms with E-state index in [4.69, 9.17) is 14.6 Å². The van der Waals surface area contributed by atoms with E-state index in [1.807, 2.05) is 29.2 Å². The van der Waals surface area contributed by atoms with Gasteiger partial charge in [0.05, 0.1) is 6.61 Å². The Labute approximate surface area is 153 Å². The summed E-state index contributed by atoms with van der Waals surface area (Å²) in [7, 11) is 0. The highest BCUT2D eigenvalue weighted by Gasteiger charge is 2.28. The predicted octanol–water partition coefficient (Wildman–Crippen LogP) is 2.65. The van der Waals surface area contributed by atoms with Crippen LogP contribution in [-0.2, 0) is 13.0 Å². The van der Waals surface area contributed by atoms with E-state index in [2.05, 4.69) is 12.1 Å². The molecule has 4 rings (SSSR count). The van der Waals surface area contributed by atoms with Gasteiger partial charge in [-0.2, -0.15) is 0 Å². The molecule has 2 aliphatic heterocycles. The summed E-state index contributed by atoms with van der Waals surface area (Å²) < 4.78 is 11.1. The van der Waals surface area contributed by atoms with Crippen LogP contribution in [0.1, 0.15) is 27.9 Å². The van der Waals surface area contributed by atoms with E-state index in [0.717, 1.165) is 31.5 Å². The summed E-state index contributed by atoms with van der Waals surface area (Å²) in [5, 5.41) is 9.13. The van der Waals surface area contributed by atoms with Gasteiger partial charge in [-0.05, 0) is 48.1 Å². The molecule has 0 aliphatic carbocycles. The van der Waals surface area contributed by atoms with Gasteiger partial charge >= 0.3 is 0 Å². The zero-order valence-corrected chi connectivity index (χ0v) is 14.7. The average molecular weight is 353 g/mol. The highest BCUT2D eigenvalue weighted by molar-refractivity contribution is 5.95. The summed E-state index contributed by atoms with van der Waals surface area (Å²) >= 11 is 0. The van der Waals surface area contributed by atoms with Gasteiger partial charge in [0.25, 0.3) is 5.91 Å². The third-order valence-electron chi connectivity index (χ3n) is 5.09. The van der Waals surface area contributed by atoms with E-state index in [9.17, 15) is 4.79 Å². The van der Waals surface area contributed by atoms with Gasteiger partial charge in [0.1, 0.15) is 13.2 Å². The summed E-state index contributed by atoms with van der Waals surface area (Å²) in [5.74, 6) is 1.89. The van der Waals surface area contributed by atoms with E-state index < -0.39 is 0 Å². The van der Waals surface area contributed by atoms with Crippen LogP contribution in [0, 0.1) is 5.92 Å². The lowest BCUT2D eigenvalue weighted by Gasteiger charge is -2.21. The van der Waals surface area contributed by atoms with Crippen LogP contribution >= 0.6 is 0 Å². The van der Waals surface area contributed by atoms with Crippen LogP contribution in [0.25, 0.3) is 0 Å². The molecule has 2 aromatic carbocycles. The lowest BCUT2D eigenvalue weighted by Crippen LogP contribution is -2.29. The Balaban J connectivity index is 1.39. The quantitative estimate of drug-likeness (QED) is 0.918. The molecule has 1 atom stereocenters. The summed E-state index contributed by atoms with van der Waals surface area (Å²) in [4.78, 5) is 14.7. The topological polar surface area (TPSA) is 59.0 Å². The van der Waals surface area contributed by atoms with Crippen molar-refractivity contribution in [2.45, 2.75) is 19.4 Å². The molecule has 1 N–H and O–H groups in total. The Morgan fingerprint density at radius 3 is 2.54 bits per heavy atom. The number of nitrogens with zero attached hydrogens (tertiary/aromatic N) is 1. The minimum absolute atomic E-state index is 0.0556. The van der Waals surface area contributed by atoms with Crippen molar-refractivity contribution in [2.75, 3.05) is 26.3 Å². The van der Waals surface area contributed by atoms with Crippen molar-refractivity contribution in [3.8, 4) is 11.5 Å². The molecule has 0 unspecified atom stereocenters. The highest BCUT2D eigenvalue weighted by Crippen LogP contribution is 2.32. The second kappa shape index (κ2) is 7.38. The number of benzene rings is 2. The molecule has 26 heavy (non-hydrogen) atoms. The van der Waals surface area contributed by atoms with Gasteiger partial charge in [-0.3, -0.25) is 4.79 Å². The highest BCUT2D eigenvalue weighted by atomic mass is 16.6. The second-order valence-corrected chi connectivity index (χ2v) is 6.94. The van der Waals surface area contributed by atoms with E-state index in [1.165, 1.54) is 5.56 Å². The van der Waals surface area contributed by atoms with Gasteiger partial charge in [0, 0.05) is 18.7 Å². The van der Waals surface area contributed by atoms with Gasteiger partial charge in [-0.1, -0.05) is 24.3 Å². The Bertz CT molecular complexity index is 787. The third kappa shape index (κ3) is 3.53. The molecule has 0 aromatic heterocycles. The lowest BCUT2D eigenvalue weighted by molar-refractivity contribution is 0.0786. The molecule has 2 aliphatic rings. The molecule has 1 fully saturated rings. The van der Waals surface area contributed by atoms with Crippen LogP contribution in [-0.4, -0.2) is 42.2 Å². The van der Waals surface area contributed by atoms with Crippen molar-refractivity contribution in [1.29, 1.82) is 0 Å². The molecule has 2 heterocycles. The molecule has 0 spiro atoms. The smallest absolute Gasteiger partial charge is 0.254 e. The molecule has 5 heteroatoms. The number of rotatable bonds is 4. The summed E-state index contributed by atoms with van der Waals surface area (Å²) in [6.45, 7) is 2.70. The Kier molecular flexibility index (Phi) is 4.80. The maximum Gasteiger partial charge on any atom is 0.254 e. The minimum atomic E-state index is 0.0556. The van der Waals surface area contributed by atoms with E-state index in [-0.39, 0.29) is 12.5 Å². The average Bonchev–Trinajstić information content (AvgIpc) is 3.16. The van der Waals surface area contributed by atoms with Gasteiger partial charge in [-0.15, -0.1) is 0 Å². The molecule has 136 valence electrons. The normalized spacial score (nSPS) is 18.8. The minimum Gasteiger partial charge on any atom is -0.486 e. The van der Waals surface area contributed by atoms with Crippen molar-refractivity contribution in [3.05, 3.63) is 59.2 Å². The number of aliphatic hydroxyl groups is 1. The summed E-state index contributed by atoms with van der Waals surface area (Å²) in [6, 6.07) is 13.5. The first-order valence-electron chi connectivity index (χ1n) is 9.10. The van der Waals surface area contributed by atoms with Crippen molar-refractivity contribution in [2.24, 2.45) is 5.92 Å². The summed E-state index contributed by atoms with van der Waals surface area (Å²) in [5.41, 5.74) is 2.83. The molecular formula is C21H23NO4. The van der Waals surface area contributed by atoms with Crippen LogP contribution in [0.5, 0.6) is 11.5 Å². The van der Waals surface area contributed by atoms with Gasteiger partial charge in [0.15, 0.2) is 11.5 Å². The van der Waals surface area contributed by atoms with Crippen LogP contribution < -0.4 is 9.47 Å². The number of amides is 1. The molecule has 2 aromatic rings. The molecule has 0 saturated carbocycles. The standard InChI is InChI=1S/C21H23NO4/c23-14-16-3-1-15(2-4-16)11-17-7-8-22(13-17)21(24)18-5-6-19-20(12-18)26-10-9-25-19/h1-6,12,17,23H,7-11,13-14H2/t17-/m1/s1. The van der Waals surface area contributed by atoms with Crippen LogP contribution in [0.4, 0.5) is 0 Å². The third-order valence-corrected chi connectivity index (χ3v) is 5.09. The number of fused-ring (bicyclic) bond motifs is 1. The van der Waals surface area contributed by atoms with Crippen LogP contribution in [0.3, 0.4) is 0 Å². The number of ether oxygens (including phenoxy) is 2. The Morgan fingerprint density at radius 2 is 1.77 bits per heavy atom. The molecule has 1 amide bonds. The molecule has 0 bridgehead atoms. The lowest BCUT2D eigenvalue weighted by atomic mass is 9.98. The molecular weight excluding hydrogens is 330 g/mol. The van der Waals surface area contributed by atoms with Crippen molar-refractivity contribution < 1.29 is 19.4 Å². The van der Waals surface area contributed by atoms with Gasteiger partial charge in [-0.25, -0.2) is 0 Å². The fraction of sp³-hybridized carbons (Fsp3) is 0.381. The van der Waals surface area contributed by atoms with Crippen molar-refractivity contribution in [1.82, 2.24) is 4.90 Å². The zero-order chi connectivity index (χ0) is 17.9. The van der Waals surface area contributed by atoms with Gasteiger partial charge in [0.2, 0.25) is 0 Å². The fourth-order valence-corrected chi connectivity index (χ4v) is 3.66. The number of carbonyl (C=O) groups is 1. The number of aliphatic hydroxyl groups excluding tert-OH is 1. The second-order valence-electron chi connectivity index (χ2n) is 6.94. The number of carbonyl (C=O) groups excluding carboxylic acids is 1. The maximum absolute atomic E-state index is 12.8. The summed E-state index contributed by atoms with van der Waals surface area (Å²) in [6.07, 6.45) is 1.97. The predicted molar refractivity (Wildman–Crippen MR) is 97.5 cm³/mol. The fourth-order valence-electron chi connectivity index (χ4n) is 3.66. The van der Waals surface area contributed by atoms with E-state index in [0.29, 0.717) is 36.2 Å². The van der Waals surface area contributed by atoms with Gasteiger partial charge < -0.3 is 19.5 Å². The zero-order valence-electron chi connectivity index (χ0n) is 14.7. The largest absolute Gasteiger partial charge is 0.486 e. The molecule has 1 saturated heterocycles. The number of likely N-dealkylation sites (tertiary alicyclic amines) is 1.